The zero-order valence-corrected chi connectivity index (χ0v) is 24.6. The first-order valence-corrected chi connectivity index (χ1v) is 15.1. The number of fused-ring (bicyclic) bond motifs is 2. The van der Waals surface area contributed by atoms with Crippen LogP contribution >= 0.6 is 11.6 Å². The number of nitriles is 1. The van der Waals surface area contributed by atoms with Gasteiger partial charge in [0.2, 0.25) is 0 Å². The lowest BCUT2D eigenvalue weighted by atomic mass is 10.1. The number of carboxylic acid groups (broad SMARTS) is 1. The average Bonchev–Trinajstić information content (AvgIpc) is 3.27. The zero-order chi connectivity index (χ0) is 29.2. The van der Waals surface area contributed by atoms with Gasteiger partial charge in [-0.25, -0.2) is 4.79 Å². The van der Waals surface area contributed by atoms with Crippen molar-refractivity contribution >= 4 is 40.0 Å². The summed E-state index contributed by atoms with van der Waals surface area (Å²) in [4.78, 5) is 30.0. The Morgan fingerprint density at radius 3 is 2.69 bits per heavy atom. The maximum Gasteiger partial charge on any atom is 0.407 e. The number of ether oxygens (including phenoxy) is 1. The highest BCUT2D eigenvalue weighted by atomic mass is 35.5. The van der Waals surface area contributed by atoms with Crippen molar-refractivity contribution in [2.45, 2.75) is 50.7 Å². The summed E-state index contributed by atoms with van der Waals surface area (Å²) in [5, 5.41) is 22.0. The van der Waals surface area contributed by atoms with Crippen LogP contribution in [0.25, 0.3) is 10.8 Å². The molecule has 2 aromatic carbocycles. The highest BCUT2D eigenvalue weighted by molar-refractivity contribution is 6.36. The number of amides is 1. The van der Waals surface area contributed by atoms with Crippen LogP contribution in [0.2, 0.25) is 5.02 Å². The van der Waals surface area contributed by atoms with Crippen molar-refractivity contribution in [2.24, 2.45) is 0 Å². The molecule has 0 spiro atoms. The number of hydrogen-bond donors (Lipinski definition) is 1. The Hall–Kier alpha value is -3.81. The molecule has 6 rings (SSSR count). The Bertz CT molecular complexity index is 1510. The predicted octanol–water partition coefficient (Wildman–Crippen LogP) is 4.79. The average molecular weight is 590 g/mol. The standard InChI is InChI=1S/C31H36ClN7O3/c1-36-14-4-8-23(36)20-42-30-34-26-19-37(27-11-3-7-21-6-2-10-25(32)28(21)27)15-5-9-24(26)29(35-30)38-16-17-39(31(40)41)22(18-38)12-13-33/h2-3,6-7,10-11,22-23H,4-5,8-9,12,14-20H2,1H3,(H,40,41)/t22-,23-/m0/s1. The Morgan fingerprint density at radius 2 is 1.93 bits per heavy atom. The third-order valence-corrected chi connectivity index (χ3v) is 9.16. The van der Waals surface area contributed by atoms with Crippen LogP contribution in [0.3, 0.4) is 0 Å². The molecule has 220 valence electrons. The largest absolute Gasteiger partial charge is 0.465 e. The topological polar surface area (TPSA) is 109 Å². The van der Waals surface area contributed by atoms with Gasteiger partial charge in [0, 0.05) is 48.9 Å². The maximum atomic E-state index is 11.9. The van der Waals surface area contributed by atoms with E-state index in [1.54, 1.807) is 0 Å². The van der Waals surface area contributed by atoms with Gasteiger partial charge in [0.25, 0.3) is 0 Å². The van der Waals surface area contributed by atoms with Gasteiger partial charge in [-0.15, -0.1) is 0 Å². The van der Waals surface area contributed by atoms with Crippen LogP contribution in [0.15, 0.2) is 36.4 Å². The van der Waals surface area contributed by atoms with Crippen molar-refractivity contribution in [1.29, 1.82) is 5.26 Å². The number of halogens is 1. The Labute approximate surface area is 251 Å². The molecule has 3 aliphatic rings. The van der Waals surface area contributed by atoms with Crippen LogP contribution < -0.4 is 14.5 Å². The fourth-order valence-electron chi connectivity index (χ4n) is 6.60. The highest BCUT2D eigenvalue weighted by Crippen LogP contribution is 2.37. The van der Waals surface area contributed by atoms with Gasteiger partial charge in [0.1, 0.15) is 12.4 Å². The highest BCUT2D eigenvalue weighted by Gasteiger charge is 2.34. The number of rotatable bonds is 6. The molecular weight excluding hydrogens is 554 g/mol. The van der Waals surface area contributed by atoms with Crippen molar-refractivity contribution in [1.82, 2.24) is 19.8 Å². The molecular formula is C31H36ClN7O3. The molecule has 1 amide bonds. The van der Waals surface area contributed by atoms with Crippen molar-refractivity contribution in [3.05, 3.63) is 52.7 Å². The van der Waals surface area contributed by atoms with Crippen LogP contribution in [0.1, 0.15) is 36.9 Å². The van der Waals surface area contributed by atoms with E-state index >= 15 is 0 Å². The van der Waals surface area contributed by atoms with Crippen LogP contribution in [0.4, 0.5) is 16.3 Å². The first-order chi connectivity index (χ1) is 20.4. The molecule has 3 aliphatic heterocycles. The first-order valence-electron chi connectivity index (χ1n) is 14.7. The number of hydrogen-bond acceptors (Lipinski definition) is 8. The second-order valence-corrected chi connectivity index (χ2v) is 11.8. The predicted molar refractivity (Wildman–Crippen MR) is 162 cm³/mol. The lowest BCUT2D eigenvalue weighted by molar-refractivity contribution is 0.119. The molecule has 4 heterocycles. The SMILES string of the molecule is CN1CCC[C@H]1COc1nc2c(c(N3CCN(C(=O)O)[C@@H](CC#N)C3)n1)CCCN(c1cccc3cccc(Cl)c13)C2. The van der Waals surface area contributed by atoms with Crippen molar-refractivity contribution in [2.75, 3.05) is 56.2 Å². The number of anilines is 2. The molecule has 0 saturated carbocycles. The molecule has 0 radical (unpaired) electrons. The monoisotopic (exact) mass is 589 g/mol. The number of aromatic nitrogens is 2. The van der Waals surface area contributed by atoms with Gasteiger partial charge >= 0.3 is 12.1 Å². The summed E-state index contributed by atoms with van der Waals surface area (Å²) >= 11 is 6.71. The molecule has 3 aromatic rings. The number of likely N-dealkylation sites (N-methyl/N-ethyl adjacent to an activating group) is 1. The van der Waals surface area contributed by atoms with Gasteiger partial charge in [0.15, 0.2) is 0 Å². The Kier molecular flexibility index (Phi) is 8.22. The van der Waals surface area contributed by atoms with Crippen molar-refractivity contribution in [3.8, 4) is 12.1 Å². The quantitative estimate of drug-likeness (QED) is 0.434. The van der Waals surface area contributed by atoms with Gasteiger partial charge in [-0.1, -0.05) is 35.9 Å². The number of likely N-dealkylation sites (tertiary alicyclic amines) is 1. The normalized spacial score (nSPS) is 21.2. The molecule has 42 heavy (non-hydrogen) atoms. The van der Waals surface area contributed by atoms with E-state index in [9.17, 15) is 15.2 Å². The fraction of sp³-hybridized carbons (Fsp3) is 0.484. The van der Waals surface area contributed by atoms with E-state index in [0.29, 0.717) is 44.8 Å². The Morgan fingerprint density at radius 1 is 1.10 bits per heavy atom. The summed E-state index contributed by atoms with van der Waals surface area (Å²) in [5.41, 5.74) is 3.05. The number of carbonyl (C=O) groups is 1. The summed E-state index contributed by atoms with van der Waals surface area (Å²) in [6.07, 6.45) is 3.05. The third-order valence-electron chi connectivity index (χ3n) is 8.85. The van der Waals surface area contributed by atoms with E-state index in [0.717, 1.165) is 77.3 Å². The molecule has 2 atom stereocenters. The minimum Gasteiger partial charge on any atom is -0.465 e. The summed E-state index contributed by atoms with van der Waals surface area (Å²) in [7, 11) is 2.12. The van der Waals surface area contributed by atoms with Gasteiger partial charge in [-0.05, 0) is 56.8 Å². The van der Waals surface area contributed by atoms with Crippen LogP contribution in [0, 0.1) is 11.3 Å². The molecule has 1 N–H and O–H groups in total. The molecule has 0 bridgehead atoms. The number of piperazine rings is 1. The van der Waals surface area contributed by atoms with E-state index in [1.807, 2.05) is 12.1 Å². The summed E-state index contributed by atoms with van der Waals surface area (Å²) in [6.45, 7) is 4.17. The third kappa shape index (κ3) is 5.63. The molecule has 1 aromatic heterocycles. The van der Waals surface area contributed by atoms with E-state index in [2.05, 4.69) is 52.1 Å². The second-order valence-electron chi connectivity index (χ2n) is 11.4. The number of benzene rings is 2. The molecule has 11 heteroatoms. The first kappa shape index (κ1) is 28.3. The molecule has 2 fully saturated rings. The van der Waals surface area contributed by atoms with E-state index < -0.39 is 12.1 Å². The fourth-order valence-corrected chi connectivity index (χ4v) is 6.88. The lowest BCUT2D eigenvalue weighted by Gasteiger charge is -2.40. The van der Waals surface area contributed by atoms with Crippen molar-refractivity contribution in [3.63, 3.8) is 0 Å². The minimum atomic E-state index is -0.995. The van der Waals surface area contributed by atoms with Gasteiger partial charge < -0.3 is 29.4 Å². The van der Waals surface area contributed by atoms with E-state index in [1.165, 1.54) is 4.90 Å². The number of nitrogens with zero attached hydrogens (tertiary/aromatic N) is 7. The van der Waals surface area contributed by atoms with Crippen molar-refractivity contribution < 1.29 is 14.6 Å². The lowest BCUT2D eigenvalue weighted by Crippen LogP contribution is -2.55. The zero-order valence-electron chi connectivity index (χ0n) is 23.9. The Balaban J connectivity index is 1.37. The smallest absolute Gasteiger partial charge is 0.407 e. The molecule has 10 nitrogen and oxygen atoms in total. The van der Waals surface area contributed by atoms with E-state index in [4.69, 9.17) is 26.3 Å². The maximum absolute atomic E-state index is 11.9. The summed E-state index contributed by atoms with van der Waals surface area (Å²) < 4.78 is 6.28. The van der Waals surface area contributed by atoms with E-state index in [-0.39, 0.29) is 6.42 Å². The van der Waals surface area contributed by atoms with Gasteiger partial charge in [0.05, 0.1) is 35.8 Å². The minimum absolute atomic E-state index is 0.128. The second kappa shape index (κ2) is 12.2. The summed E-state index contributed by atoms with van der Waals surface area (Å²) in [6, 6.07) is 14.7. The molecule has 0 aliphatic carbocycles. The summed E-state index contributed by atoms with van der Waals surface area (Å²) in [5.74, 6) is 0.792. The molecule has 2 saturated heterocycles. The van der Waals surface area contributed by atoms with Crippen LogP contribution in [0.5, 0.6) is 6.01 Å². The van der Waals surface area contributed by atoms with Gasteiger partial charge in [-0.3, -0.25) is 0 Å². The van der Waals surface area contributed by atoms with Crippen LogP contribution in [-0.4, -0.2) is 89.4 Å². The van der Waals surface area contributed by atoms with Gasteiger partial charge in [-0.2, -0.15) is 15.2 Å². The van der Waals surface area contributed by atoms with Crippen LogP contribution in [-0.2, 0) is 13.0 Å². The molecule has 0 unspecified atom stereocenters.